The predicted molar refractivity (Wildman–Crippen MR) is 118 cm³/mol. The zero-order valence-electron chi connectivity index (χ0n) is 18.3. The average Bonchev–Trinajstić information content (AvgIpc) is 3.55. The van der Waals surface area contributed by atoms with Gasteiger partial charge in [-0.15, -0.1) is 0 Å². The minimum Gasteiger partial charge on any atom is -0.337 e. The smallest absolute Gasteiger partial charge is 0.256 e. The largest absolute Gasteiger partial charge is 0.337 e. The highest BCUT2D eigenvalue weighted by molar-refractivity contribution is 5.98. The lowest BCUT2D eigenvalue weighted by Gasteiger charge is -2.23. The van der Waals surface area contributed by atoms with E-state index in [1.807, 2.05) is 36.1 Å². The fourth-order valence-electron chi connectivity index (χ4n) is 4.13. The fourth-order valence-corrected chi connectivity index (χ4v) is 4.13. The number of nitrogens with zero attached hydrogens (tertiary/aromatic N) is 6. The third-order valence-electron chi connectivity index (χ3n) is 6.02. The Kier molecular flexibility index (Phi) is 5.05. The highest BCUT2D eigenvalue weighted by Gasteiger charge is 2.35. The molecule has 1 amide bonds. The number of hydrogen-bond acceptors (Lipinski definition) is 6. The molecule has 3 heterocycles. The molecule has 0 spiro atoms. The fraction of sp³-hybridized carbons (Fsp3) is 0.292. The lowest BCUT2D eigenvalue weighted by molar-refractivity contribution is 0.0709. The van der Waals surface area contributed by atoms with Crippen LogP contribution in [-0.4, -0.2) is 42.5 Å². The number of carbonyl (C=O) groups excluding carboxylic acids is 1. The molecule has 2 aromatic carbocycles. The molecule has 8 nitrogen and oxygen atoms in total. The van der Waals surface area contributed by atoms with Crippen molar-refractivity contribution in [3.8, 4) is 17.1 Å². The molecule has 2 aromatic heterocycles. The van der Waals surface area contributed by atoms with E-state index < -0.39 is 0 Å². The normalized spacial score (nSPS) is 16.0. The Labute approximate surface area is 185 Å². The van der Waals surface area contributed by atoms with Crippen molar-refractivity contribution in [1.82, 2.24) is 30.0 Å². The average molecular weight is 428 g/mol. The molecule has 1 atom stereocenters. The lowest BCUT2D eigenvalue weighted by Crippen LogP contribution is -2.31. The second-order valence-electron chi connectivity index (χ2n) is 8.25. The Bertz CT molecular complexity index is 1280. The third-order valence-corrected chi connectivity index (χ3v) is 6.02. The number of rotatable bonds is 4. The number of benzene rings is 2. The molecule has 0 saturated carbocycles. The van der Waals surface area contributed by atoms with Gasteiger partial charge in [0.25, 0.3) is 5.91 Å². The topological polar surface area (TPSA) is 89.9 Å². The maximum Gasteiger partial charge on any atom is 0.256 e. The van der Waals surface area contributed by atoms with Crippen LogP contribution in [0.1, 0.15) is 51.8 Å². The van der Waals surface area contributed by atoms with E-state index >= 15 is 0 Å². The molecular formula is C24H24N6O2. The molecule has 1 aliphatic rings. The number of aryl methyl sites for hydroxylation is 3. The van der Waals surface area contributed by atoms with Crippen LogP contribution in [0.5, 0.6) is 0 Å². The summed E-state index contributed by atoms with van der Waals surface area (Å²) in [6.07, 6.45) is 4.85. The van der Waals surface area contributed by atoms with Crippen LogP contribution in [-0.2, 0) is 0 Å². The maximum atomic E-state index is 13.6. The summed E-state index contributed by atoms with van der Waals surface area (Å²) in [5.74, 6) is 0.921. The van der Waals surface area contributed by atoms with E-state index in [-0.39, 0.29) is 11.9 Å². The van der Waals surface area contributed by atoms with Crippen molar-refractivity contribution >= 4 is 5.91 Å². The van der Waals surface area contributed by atoms with E-state index in [0.717, 1.165) is 24.0 Å². The summed E-state index contributed by atoms with van der Waals surface area (Å²) in [4.78, 5) is 21.6. The Morgan fingerprint density at radius 2 is 1.84 bits per heavy atom. The van der Waals surface area contributed by atoms with Crippen LogP contribution < -0.4 is 0 Å². The van der Waals surface area contributed by atoms with Gasteiger partial charge in [0.05, 0.1) is 23.6 Å². The molecular weight excluding hydrogens is 404 g/mol. The van der Waals surface area contributed by atoms with Crippen LogP contribution in [0.15, 0.2) is 53.3 Å². The minimum absolute atomic E-state index is 0.0885. The highest BCUT2D eigenvalue weighted by atomic mass is 16.5. The van der Waals surface area contributed by atoms with Gasteiger partial charge in [-0.2, -0.15) is 20.0 Å². The Morgan fingerprint density at radius 1 is 1.03 bits per heavy atom. The summed E-state index contributed by atoms with van der Waals surface area (Å²) < 4.78 is 5.63. The number of aromatic nitrogens is 5. The van der Waals surface area contributed by atoms with E-state index in [9.17, 15) is 4.79 Å². The summed E-state index contributed by atoms with van der Waals surface area (Å²) in [6, 6.07) is 11.5. The van der Waals surface area contributed by atoms with Crippen LogP contribution >= 0.6 is 0 Å². The Morgan fingerprint density at radius 3 is 2.62 bits per heavy atom. The first-order valence-corrected chi connectivity index (χ1v) is 10.7. The van der Waals surface area contributed by atoms with Gasteiger partial charge in [-0.25, -0.2) is 0 Å². The first-order chi connectivity index (χ1) is 15.5. The quantitative estimate of drug-likeness (QED) is 0.483. The maximum absolute atomic E-state index is 13.6. The van der Waals surface area contributed by atoms with Crippen molar-refractivity contribution < 1.29 is 9.32 Å². The van der Waals surface area contributed by atoms with Gasteiger partial charge in [0.1, 0.15) is 6.04 Å². The third kappa shape index (κ3) is 3.57. The summed E-state index contributed by atoms with van der Waals surface area (Å²) in [5, 5.41) is 12.6. The summed E-state index contributed by atoms with van der Waals surface area (Å²) in [6.45, 7) is 6.73. The molecule has 1 aliphatic heterocycles. The van der Waals surface area contributed by atoms with Gasteiger partial charge in [0.15, 0.2) is 0 Å². The van der Waals surface area contributed by atoms with E-state index in [4.69, 9.17) is 4.52 Å². The van der Waals surface area contributed by atoms with Crippen LogP contribution in [0.25, 0.3) is 17.1 Å². The number of carbonyl (C=O) groups is 1. The predicted octanol–water partition coefficient (Wildman–Crippen LogP) is 4.22. The SMILES string of the molecule is Cc1ccc(-n2nccn2)c(C(=O)N2CCC[C@H]2c2nc(-c3ccc(C)c(C)c3)no2)c1. The van der Waals surface area contributed by atoms with Gasteiger partial charge < -0.3 is 9.42 Å². The van der Waals surface area contributed by atoms with Crippen LogP contribution in [0.4, 0.5) is 0 Å². The van der Waals surface area contributed by atoms with E-state index in [2.05, 4.69) is 46.3 Å². The molecule has 4 aromatic rings. The van der Waals surface area contributed by atoms with Crippen molar-refractivity contribution in [1.29, 1.82) is 0 Å². The first-order valence-electron chi connectivity index (χ1n) is 10.7. The molecule has 0 radical (unpaired) electrons. The van der Waals surface area contributed by atoms with Gasteiger partial charge in [-0.3, -0.25) is 4.79 Å². The monoisotopic (exact) mass is 428 g/mol. The first kappa shape index (κ1) is 20.1. The standard InChI is InChI=1S/C24H24N6O2/c1-15-6-9-20(30-25-10-11-26-30)19(13-15)24(31)29-12-4-5-21(29)23-27-22(28-32-23)18-8-7-16(2)17(3)14-18/h6-11,13-14,21H,4-5,12H2,1-3H3/t21-/m0/s1. The number of likely N-dealkylation sites (tertiary alicyclic amines) is 1. The van der Waals surface area contributed by atoms with Gasteiger partial charge in [0.2, 0.25) is 11.7 Å². The molecule has 5 rings (SSSR count). The van der Waals surface area contributed by atoms with Crippen molar-refractivity contribution in [3.05, 3.63) is 76.9 Å². The molecule has 0 aliphatic carbocycles. The second kappa shape index (κ2) is 8.03. The van der Waals surface area contributed by atoms with Crippen molar-refractivity contribution in [2.75, 3.05) is 6.54 Å². The van der Waals surface area contributed by atoms with Crippen molar-refractivity contribution in [2.24, 2.45) is 0 Å². The molecule has 8 heteroatoms. The minimum atomic E-state index is -0.255. The zero-order chi connectivity index (χ0) is 22.2. The summed E-state index contributed by atoms with van der Waals surface area (Å²) >= 11 is 0. The Hall–Kier alpha value is -3.81. The van der Waals surface area contributed by atoms with Crippen molar-refractivity contribution in [2.45, 2.75) is 39.7 Å². The number of hydrogen-bond donors (Lipinski definition) is 0. The molecule has 1 saturated heterocycles. The molecule has 0 unspecified atom stereocenters. The van der Waals surface area contributed by atoms with Crippen LogP contribution in [0.2, 0.25) is 0 Å². The number of amides is 1. The lowest BCUT2D eigenvalue weighted by atomic mass is 10.1. The second-order valence-corrected chi connectivity index (χ2v) is 8.25. The van der Waals surface area contributed by atoms with Crippen LogP contribution in [0.3, 0.4) is 0 Å². The zero-order valence-corrected chi connectivity index (χ0v) is 18.3. The Balaban J connectivity index is 1.46. The van der Waals surface area contributed by atoms with E-state index in [1.165, 1.54) is 15.9 Å². The van der Waals surface area contributed by atoms with Crippen molar-refractivity contribution in [3.63, 3.8) is 0 Å². The van der Waals surface area contributed by atoms with Gasteiger partial charge >= 0.3 is 0 Å². The van der Waals surface area contributed by atoms with Gasteiger partial charge in [-0.05, 0) is 62.9 Å². The van der Waals surface area contributed by atoms with E-state index in [0.29, 0.717) is 29.5 Å². The molecule has 162 valence electrons. The summed E-state index contributed by atoms with van der Waals surface area (Å²) in [7, 11) is 0. The van der Waals surface area contributed by atoms with Gasteiger partial charge in [0, 0.05) is 12.1 Å². The molecule has 0 bridgehead atoms. The van der Waals surface area contributed by atoms with Crippen LogP contribution in [0, 0.1) is 20.8 Å². The molecule has 1 fully saturated rings. The van der Waals surface area contributed by atoms with E-state index in [1.54, 1.807) is 12.4 Å². The summed E-state index contributed by atoms with van der Waals surface area (Å²) in [5.41, 5.74) is 5.50. The molecule has 0 N–H and O–H groups in total. The highest BCUT2D eigenvalue weighted by Crippen LogP contribution is 2.34. The van der Waals surface area contributed by atoms with Gasteiger partial charge in [-0.1, -0.05) is 28.9 Å². The molecule has 32 heavy (non-hydrogen) atoms.